The van der Waals surface area contributed by atoms with Crippen molar-refractivity contribution in [1.82, 2.24) is 0 Å². The topological polar surface area (TPSA) is 0 Å². The Kier molecular flexibility index (Phi) is 5.43. The van der Waals surface area contributed by atoms with Gasteiger partial charge in [-0.25, -0.2) is 4.39 Å². The molecule has 0 radical (unpaired) electrons. The average molecular weight is 407 g/mol. The molecule has 0 aliphatic heterocycles. The Morgan fingerprint density at radius 1 is 1.11 bits per heavy atom. The van der Waals surface area contributed by atoms with Gasteiger partial charge in [-0.2, -0.15) is 0 Å². The summed E-state index contributed by atoms with van der Waals surface area (Å²) in [6.45, 7) is 0. The van der Waals surface area contributed by atoms with Gasteiger partial charge in [0.05, 0.1) is 5.02 Å². The average Bonchev–Trinajstić information content (AvgIpc) is 2.42. The van der Waals surface area contributed by atoms with Crippen molar-refractivity contribution in [2.24, 2.45) is 0 Å². The molecule has 0 aliphatic carbocycles. The Hall–Kier alpha value is -0.380. The third-order valence-electron chi connectivity index (χ3n) is 3.03. The van der Waals surface area contributed by atoms with E-state index in [0.29, 0.717) is 6.42 Å². The van der Waals surface area contributed by atoms with Crippen molar-refractivity contribution in [3.05, 3.63) is 68.9 Å². The predicted octanol–water partition coefficient (Wildman–Crippen LogP) is 5.96. The highest BCUT2D eigenvalue weighted by molar-refractivity contribution is 9.10. The smallest absolute Gasteiger partial charge is 0.142 e. The summed E-state index contributed by atoms with van der Waals surface area (Å²) in [4.78, 5) is 0. The molecule has 0 saturated heterocycles. The first kappa shape index (κ1) is 15.0. The van der Waals surface area contributed by atoms with Gasteiger partial charge in [-0.1, -0.05) is 67.7 Å². The highest BCUT2D eigenvalue weighted by atomic mass is 79.9. The van der Waals surface area contributed by atoms with Gasteiger partial charge in [0.15, 0.2) is 0 Å². The summed E-state index contributed by atoms with van der Waals surface area (Å²) in [5.41, 5.74) is 2.05. The molecule has 0 heterocycles. The van der Waals surface area contributed by atoms with Crippen molar-refractivity contribution in [2.45, 2.75) is 12.3 Å². The second-order valence-corrected chi connectivity index (χ2v) is 6.26. The van der Waals surface area contributed by atoms with Crippen LogP contribution < -0.4 is 0 Å². The van der Waals surface area contributed by atoms with Crippen molar-refractivity contribution in [2.75, 3.05) is 5.33 Å². The number of rotatable bonds is 4. The Bertz CT molecular complexity index is 555. The van der Waals surface area contributed by atoms with E-state index in [1.807, 2.05) is 18.2 Å². The summed E-state index contributed by atoms with van der Waals surface area (Å²) in [5.74, 6) is -0.0873. The molecule has 2 aromatic carbocycles. The molecule has 1 unspecified atom stereocenters. The van der Waals surface area contributed by atoms with Gasteiger partial charge in [-0.05, 0) is 41.7 Å². The Morgan fingerprint density at radius 3 is 2.42 bits per heavy atom. The highest BCUT2D eigenvalue weighted by Crippen LogP contribution is 2.28. The molecule has 100 valence electrons. The van der Waals surface area contributed by atoms with E-state index in [1.165, 1.54) is 11.6 Å². The van der Waals surface area contributed by atoms with Gasteiger partial charge >= 0.3 is 0 Å². The maximum Gasteiger partial charge on any atom is 0.142 e. The summed E-state index contributed by atoms with van der Waals surface area (Å²) in [5, 5.41) is 1.03. The van der Waals surface area contributed by atoms with E-state index >= 15 is 0 Å². The minimum atomic E-state index is -0.358. The number of halogens is 4. The molecule has 0 fully saturated rings. The monoisotopic (exact) mass is 404 g/mol. The fourth-order valence-corrected chi connectivity index (χ4v) is 3.04. The molecule has 2 rings (SSSR count). The number of alkyl halides is 1. The van der Waals surface area contributed by atoms with Crippen molar-refractivity contribution in [1.29, 1.82) is 0 Å². The zero-order valence-corrected chi connectivity index (χ0v) is 14.0. The first-order valence-electron chi connectivity index (χ1n) is 5.86. The first-order chi connectivity index (χ1) is 9.11. The fraction of sp³-hybridized carbons (Fsp3) is 0.200. The van der Waals surface area contributed by atoms with E-state index in [9.17, 15) is 4.39 Å². The maximum absolute atomic E-state index is 13.4. The molecular weight excluding hydrogens is 394 g/mol. The van der Waals surface area contributed by atoms with Crippen LogP contribution in [-0.2, 0) is 6.42 Å². The molecule has 0 spiro atoms. The van der Waals surface area contributed by atoms with Crippen LogP contribution in [0.1, 0.15) is 17.0 Å². The summed E-state index contributed by atoms with van der Waals surface area (Å²) in [7, 11) is 0. The van der Waals surface area contributed by atoms with Gasteiger partial charge in [-0.15, -0.1) is 0 Å². The number of hydrogen-bond donors (Lipinski definition) is 0. The lowest BCUT2D eigenvalue weighted by molar-refractivity contribution is 0.624. The fourth-order valence-electron chi connectivity index (χ4n) is 1.97. The number of hydrogen-bond acceptors (Lipinski definition) is 0. The van der Waals surface area contributed by atoms with Crippen LogP contribution in [0.2, 0.25) is 5.02 Å². The van der Waals surface area contributed by atoms with Crippen LogP contribution in [0.4, 0.5) is 4.39 Å². The standard InChI is InChI=1S/C15H12Br2ClF/c16-9-12(10-4-6-13(17)7-5-10)8-11-2-1-3-14(19)15(11)18/h1-7,12H,8-9H2. The second-order valence-electron chi connectivity index (χ2n) is 4.32. The minimum absolute atomic E-state index is 0.227. The number of benzene rings is 2. The molecule has 1 atom stereocenters. The molecule has 0 saturated carbocycles. The van der Waals surface area contributed by atoms with Gasteiger partial charge in [0, 0.05) is 9.80 Å². The molecule has 0 bridgehead atoms. The van der Waals surface area contributed by atoms with E-state index in [4.69, 9.17) is 11.6 Å². The van der Waals surface area contributed by atoms with Crippen molar-refractivity contribution < 1.29 is 4.39 Å². The lowest BCUT2D eigenvalue weighted by Gasteiger charge is -2.16. The van der Waals surface area contributed by atoms with Crippen LogP contribution in [0.15, 0.2) is 46.9 Å². The van der Waals surface area contributed by atoms with Crippen LogP contribution in [-0.4, -0.2) is 5.33 Å². The zero-order valence-electron chi connectivity index (χ0n) is 10.0. The van der Waals surface area contributed by atoms with Crippen molar-refractivity contribution in [3.63, 3.8) is 0 Å². The quantitative estimate of drug-likeness (QED) is 0.550. The molecule has 19 heavy (non-hydrogen) atoms. The summed E-state index contributed by atoms with van der Waals surface area (Å²) >= 11 is 13.0. The van der Waals surface area contributed by atoms with Crippen LogP contribution in [0.3, 0.4) is 0 Å². The molecule has 0 aliphatic rings. The third-order valence-corrected chi connectivity index (χ3v) is 4.76. The van der Waals surface area contributed by atoms with Crippen molar-refractivity contribution >= 4 is 43.5 Å². The van der Waals surface area contributed by atoms with Crippen LogP contribution in [0.25, 0.3) is 0 Å². The molecular formula is C15H12Br2ClF. The third kappa shape index (κ3) is 3.80. The molecule has 0 N–H and O–H groups in total. The maximum atomic E-state index is 13.4. The van der Waals surface area contributed by atoms with Gasteiger partial charge in [0.2, 0.25) is 0 Å². The van der Waals surface area contributed by atoms with Gasteiger partial charge < -0.3 is 0 Å². The van der Waals surface area contributed by atoms with E-state index in [0.717, 1.165) is 15.4 Å². The van der Waals surface area contributed by atoms with Gasteiger partial charge in [-0.3, -0.25) is 0 Å². The molecule has 2 aromatic rings. The first-order valence-corrected chi connectivity index (χ1v) is 8.15. The van der Waals surface area contributed by atoms with Gasteiger partial charge in [0.1, 0.15) is 5.82 Å². The summed E-state index contributed by atoms with van der Waals surface area (Å²) < 4.78 is 14.5. The summed E-state index contributed by atoms with van der Waals surface area (Å²) in [6, 6.07) is 13.1. The molecule has 0 aromatic heterocycles. The van der Waals surface area contributed by atoms with E-state index in [1.54, 1.807) is 6.07 Å². The molecule has 0 amide bonds. The predicted molar refractivity (Wildman–Crippen MR) is 85.8 cm³/mol. The molecule has 4 heteroatoms. The van der Waals surface area contributed by atoms with Crippen LogP contribution in [0, 0.1) is 5.82 Å². The summed E-state index contributed by atoms with van der Waals surface area (Å²) in [6.07, 6.45) is 0.712. The second kappa shape index (κ2) is 6.87. The van der Waals surface area contributed by atoms with Crippen LogP contribution >= 0.6 is 43.5 Å². The SMILES string of the molecule is Fc1cccc(CC(CBr)c2ccc(Br)cc2)c1Cl. The Labute approximate surface area is 134 Å². The Balaban J connectivity index is 2.24. The highest BCUT2D eigenvalue weighted by Gasteiger charge is 2.14. The lowest BCUT2D eigenvalue weighted by atomic mass is 9.94. The zero-order chi connectivity index (χ0) is 13.8. The minimum Gasteiger partial charge on any atom is -0.205 e. The van der Waals surface area contributed by atoms with Crippen LogP contribution in [0.5, 0.6) is 0 Å². The van der Waals surface area contributed by atoms with E-state index < -0.39 is 0 Å². The normalized spacial score (nSPS) is 12.4. The van der Waals surface area contributed by atoms with E-state index in [2.05, 4.69) is 44.0 Å². The molecule has 0 nitrogen and oxygen atoms in total. The lowest BCUT2D eigenvalue weighted by Crippen LogP contribution is -2.05. The van der Waals surface area contributed by atoms with E-state index in [-0.39, 0.29) is 16.8 Å². The largest absolute Gasteiger partial charge is 0.205 e. The Morgan fingerprint density at radius 2 is 1.79 bits per heavy atom. The van der Waals surface area contributed by atoms with Gasteiger partial charge in [0.25, 0.3) is 0 Å². The van der Waals surface area contributed by atoms with Crippen molar-refractivity contribution in [3.8, 4) is 0 Å².